The van der Waals surface area contributed by atoms with Gasteiger partial charge in [-0.1, -0.05) is 12.1 Å². The molecule has 1 heterocycles. The van der Waals surface area contributed by atoms with Gasteiger partial charge >= 0.3 is 0 Å². The highest BCUT2D eigenvalue weighted by Crippen LogP contribution is 2.21. The summed E-state index contributed by atoms with van der Waals surface area (Å²) < 4.78 is 14.9. The van der Waals surface area contributed by atoms with Gasteiger partial charge in [-0.15, -0.1) is 11.8 Å². The summed E-state index contributed by atoms with van der Waals surface area (Å²) in [6, 6.07) is 9.74. The van der Waals surface area contributed by atoms with Gasteiger partial charge in [0.25, 0.3) is 5.56 Å². The SMILES string of the molecule is Nc1ccc(=O)n(CCCSc2ccccc2F)c1. The number of nitrogens with two attached hydrogens (primary N) is 1. The topological polar surface area (TPSA) is 48.0 Å². The molecule has 1 aromatic carbocycles. The number of hydrogen-bond donors (Lipinski definition) is 1. The highest BCUT2D eigenvalue weighted by molar-refractivity contribution is 7.99. The molecule has 0 spiro atoms. The zero-order chi connectivity index (χ0) is 13.7. The molecule has 100 valence electrons. The van der Waals surface area contributed by atoms with Crippen molar-refractivity contribution in [2.45, 2.75) is 17.9 Å². The Hall–Kier alpha value is -1.75. The number of rotatable bonds is 5. The maximum absolute atomic E-state index is 13.4. The van der Waals surface area contributed by atoms with Gasteiger partial charge in [-0.3, -0.25) is 4.79 Å². The van der Waals surface area contributed by atoms with E-state index in [0.29, 0.717) is 17.1 Å². The van der Waals surface area contributed by atoms with Gasteiger partial charge in [-0.05, 0) is 30.4 Å². The second-order valence-electron chi connectivity index (χ2n) is 4.13. The van der Waals surface area contributed by atoms with E-state index in [4.69, 9.17) is 5.73 Å². The standard InChI is InChI=1S/C14H15FN2OS/c15-12-4-1-2-5-13(12)19-9-3-8-17-10-11(16)6-7-14(17)18/h1-2,4-7,10H,3,8-9,16H2. The highest BCUT2D eigenvalue weighted by Gasteiger charge is 2.01. The number of nitrogens with zero attached hydrogens (tertiary/aromatic N) is 1. The zero-order valence-corrected chi connectivity index (χ0v) is 11.2. The fourth-order valence-electron chi connectivity index (χ4n) is 1.70. The van der Waals surface area contributed by atoms with Crippen molar-refractivity contribution in [3.63, 3.8) is 0 Å². The molecular weight excluding hydrogens is 263 g/mol. The Morgan fingerprint density at radius 2 is 2.00 bits per heavy atom. The van der Waals surface area contributed by atoms with Crippen molar-refractivity contribution in [3.05, 3.63) is 58.8 Å². The third kappa shape index (κ3) is 3.86. The van der Waals surface area contributed by atoms with Gasteiger partial charge in [0, 0.05) is 29.4 Å². The summed E-state index contributed by atoms with van der Waals surface area (Å²) >= 11 is 1.45. The van der Waals surface area contributed by atoms with Crippen LogP contribution in [0.1, 0.15) is 6.42 Å². The van der Waals surface area contributed by atoms with Crippen LogP contribution in [0.15, 0.2) is 52.3 Å². The molecule has 19 heavy (non-hydrogen) atoms. The maximum Gasteiger partial charge on any atom is 0.250 e. The van der Waals surface area contributed by atoms with E-state index in [9.17, 15) is 9.18 Å². The van der Waals surface area contributed by atoms with Crippen molar-refractivity contribution in [1.82, 2.24) is 4.57 Å². The molecule has 0 aliphatic rings. The summed E-state index contributed by atoms with van der Waals surface area (Å²) in [6.45, 7) is 0.589. The van der Waals surface area contributed by atoms with Crippen molar-refractivity contribution >= 4 is 17.4 Å². The first-order valence-corrected chi connectivity index (χ1v) is 6.98. The molecule has 0 saturated carbocycles. The van der Waals surface area contributed by atoms with E-state index in [1.807, 2.05) is 6.07 Å². The Morgan fingerprint density at radius 3 is 2.79 bits per heavy atom. The van der Waals surface area contributed by atoms with Crippen molar-refractivity contribution in [2.75, 3.05) is 11.5 Å². The molecule has 0 bridgehead atoms. The number of pyridine rings is 1. The van der Waals surface area contributed by atoms with Crippen LogP contribution in [0.3, 0.4) is 0 Å². The van der Waals surface area contributed by atoms with Crippen LogP contribution in [0, 0.1) is 5.82 Å². The number of aromatic nitrogens is 1. The molecule has 0 radical (unpaired) electrons. The normalized spacial score (nSPS) is 10.6. The third-order valence-electron chi connectivity index (χ3n) is 2.64. The summed E-state index contributed by atoms with van der Waals surface area (Å²) in [6.07, 6.45) is 2.42. The van der Waals surface area contributed by atoms with E-state index < -0.39 is 0 Å². The second-order valence-corrected chi connectivity index (χ2v) is 5.26. The van der Waals surface area contributed by atoms with Gasteiger partial charge in [-0.25, -0.2) is 4.39 Å². The van der Waals surface area contributed by atoms with Crippen LogP contribution in [0.5, 0.6) is 0 Å². The van der Waals surface area contributed by atoms with Crippen LogP contribution in [-0.2, 0) is 6.54 Å². The molecular formula is C14H15FN2OS. The van der Waals surface area contributed by atoms with Gasteiger partial charge < -0.3 is 10.3 Å². The van der Waals surface area contributed by atoms with E-state index in [0.717, 1.165) is 12.2 Å². The minimum atomic E-state index is -0.200. The minimum absolute atomic E-state index is 0.0647. The first-order chi connectivity index (χ1) is 9.16. The Balaban J connectivity index is 1.86. The van der Waals surface area contributed by atoms with Gasteiger partial charge in [0.2, 0.25) is 0 Å². The predicted molar refractivity (Wildman–Crippen MR) is 76.9 cm³/mol. The van der Waals surface area contributed by atoms with E-state index in [1.165, 1.54) is 23.9 Å². The minimum Gasteiger partial charge on any atom is -0.398 e. The van der Waals surface area contributed by atoms with Crippen LogP contribution in [0.2, 0.25) is 0 Å². The fourth-order valence-corrected chi connectivity index (χ4v) is 2.58. The zero-order valence-electron chi connectivity index (χ0n) is 10.4. The quantitative estimate of drug-likeness (QED) is 0.676. The Bertz CT molecular complexity index is 612. The van der Waals surface area contributed by atoms with Crippen LogP contribution in [-0.4, -0.2) is 10.3 Å². The summed E-state index contributed by atoms with van der Waals surface area (Å²) in [7, 11) is 0. The van der Waals surface area contributed by atoms with Gasteiger partial charge in [0.15, 0.2) is 0 Å². The van der Waals surface area contributed by atoms with Crippen molar-refractivity contribution in [2.24, 2.45) is 0 Å². The monoisotopic (exact) mass is 278 g/mol. The molecule has 2 aromatic rings. The molecule has 0 atom stereocenters. The molecule has 3 nitrogen and oxygen atoms in total. The van der Waals surface area contributed by atoms with Crippen LogP contribution in [0.25, 0.3) is 0 Å². The summed E-state index contributed by atoms with van der Waals surface area (Å²) in [5.41, 5.74) is 6.13. The van der Waals surface area contributed by atoms with Gasteiger partial charge in [-0.2, -0.15) is 0 Å². The fraction of sp³-hybridized carbons (Fsp3) is 0.214. The molecule has 0 amide bonds. The lowest BCUT2D eigenvalue weighted by molar-refractivity contribution is 0.601. The Morgan fingerprint density at radius 1 is 1.21 bits per heavy atom. The largest absolute Gasteiger partial charge is 0.398 e. The average Bonchev–Trinajstić information content (AvgIpc) is 2.40. The lowest BCUT2D eigenvalue weighted by atomic mass is 10.3. The number of thioether (sulfide) groups is 1. The van der Waals surface area contributed by atoms with Crippen molar-refractivity contribution in [1.29, 1.82) is 0 Å². The molecule has 0 aliphatic carbocycles. The molecule has 0 unspecified atom stereocenters. The summed E-state index contributed by atoms with van der Waals surface area (Å²) in [5.74, 6) is 0.552. The van der Waals surface area contributed by atoms with Crippen LogP contribution >= 0.6 is 11.8 Å². The Kier molecular flexibility index (Phi) is 4.63. The molecule has 0 saturated heterocycles. The second kappa shape index (κ2) is 6.43. The highest BCUT2D eigenvalue weighted by atomic mass is 32.2. The molecule has 0 aliphatic heterocycles. The smallest absolute Gasteiger partial charge is 0.250 e. The summed E-state index contributed by atoms with van der Waals surface area (Å²) in [5, 5.41) is 0. The van der Waals surface area contributed by atoms with E-state index in [1.54, 1.807) is 29.0 Å². The van der Waals surface area contributed by atoms with Gasteiger partial charge in [0.1, 0.15) is 5.82 Å². The van der Waals surface area contributed by atoms with Crippen molar-refractivity contribution < 1.29 is 4.39 Å². The lowest BCUT2D eigenvalue weighted by Crippen LogP contribution is -2.19. The summed E-state index contributed by atoms with van der Waals surface area (Å²) in [4.78, 5) is 12.2. The predicted octanol–water partition coefficient (Wildman–Crippen LogP) is 2.75. The molecule has 2 rings (SSSR count). The maximum atomic E-state index is 13.4. The first-order valence-electron chi connectivity index (χ1n) is 6.00. The molecule has 2 N–H and O–H groups in total. The number of nitrogen functional groups attached to an aromatic ring is 1. The lowest BCUT2D eigenvalue weighted by Gasteiger charge is -2.06. The number of anilines is 1. The molecule has 0 fully saturated rings. The van der Waals surface area contributed by atoms with Crippen molar-refractivity contribution in [3.8, 4) is 0 Å². The van der Waals surface area contributed by atoms with Gasteiger partial charge in [0.05, 0.1) is 0 Å². The Labute approximate surface area is 115 Å². The van der Waals surface area contributed by atoms with Crippen LogP contribution < -0.4 is 11.3 Å². The van der Waals surface area contributed by atoms with E-state index in [2.05, 4.69) is 0 Å². The number of halogens is 1. The first kappa shape index (κ1) is 13.7. The average molecular weight is 278 g/mol. The van der Waals surface area contributed by atoms with E-state index >= 15 is 0 Å². The number of hydrogen-bond acceptors (Lipinski definition) is 3. The molecule has 1 aromatic heterocycles. The van der Waals surface area contributed by atoms with Crippen LogP contribution in [0.4, 0.5) is 10.1 Å². The van der Waals surface area contributed by atoms with E-state index in [-0.39, 0.29) is 11.4 Å². The molecule has 5 heteroatoms. The number of aryl methyl sites for hydroxylation is 1. The number of benzene rings is 1. The third-order valence-corrected chi connectivity index (χ3v) is 3.78.